The second-order valence-corrected chi connectivity index (χ2v) is 14.0. The minimum atomic E-state index is -0.612. The molecular formula is C33H38N2O3. The van der Waals surface area contributed by atoms with Gasteiger partial charge in [0.05, 0.1) is 23.4 Å². The molecule has 2 N–H and O–H groups in total. The largest absolute Gasteiger partial charge is 0.389 e. The number of fused-ring (bicyclic) bond motifs is 4. The lowest BCUT2D eigenvalue weighted by Gasteiger charge is -2.54. The first-order chi connectivity index (χ1) is 18.4. The molecule has 10 atom stereocenters. The van der Waals surface area contributed by atoms with Gasteiger partial charge in [-0.2, -0.15) is 0 Å². The average molecular weight is 511 g/mol. The van der Waals surface area contributed by atoms with Crippen molar-refractivity contribution in [3.05, 3.63) is 65.5 Å². The molecule has 2 bridgehead atoms. The maximum atomic E-state index is 10.3. The Bertz CT molecular complexity index is 1410. The predicted octanol–water partition coefficient (Wildman–Crippen LogP) is 4.74. The van der Waals surface area contributed by atoms with E-state index in [0.717, 1.165) is 25.7 Å². The van der Waals surface area contributed by atoms with Crippen LogP contribution in [0.2, 0.25) is 0 Å². The highest BCUT2D eigenvalue weighted by molar-refractivity contribution is 5.82. The lowest BCUT2D eigenvalue weighted by atomic mass is 9.58. The molecule has 3 aliphatic heterocycles. The number of likely N-dealkylation sites (tertiary alicyclic amines) is 1. The summed E-state index contributed by atoms with van der Waals surface area (Å²) in [6.07, 6.45) is 15.9. The van der Waals surface area contributed by atoms with Crippen LogP contribution in [0.15, 0.2) is 60.0 Å². The Kier molecular flexibility index (Phi) is 4.41. The number of rotatable bonds is 2. The van der Waals surface area contributed by atoms with Gasteiger partial charge >= 0.3 is 0 Å². The van der Waals surface area contributed by atoms with E-state index in [9.17, 15) is 10.2 Å². The van der Waals surface area contributed by atoms with Gasteiger partial charge in [0.25, 0.3) is 0 Å². The number of allylic oxidation sites excluding steroid dienone is 1. The highest BCUT2D eigenvalue weighted by atomic mass is 16.5. The third-order valence-electron chi connectivity index (χ3n) is 12.4. The molecule has 0 amide bonds. The molecule has 5 heteroatoms. The highest BCUT2D eigenvalue weighted by Crippen LogP contribution is 2.72. The summed E-state index contributed by atoms with van der Waals surface area (Å²) in [4.78, 5) is 6.77. The molecule has 1 aromatic carbocycles. The molecule has 4 aliphatic carbocycles. The van der Waals surface area contributed by atoms with Crippen molar-refractivity contribution in [3.8, 4) is 0 Å². The molecule has 9 rings (SSSR count). The molecule has 1 aromatic heterocycles. The molecule has 2 unspecified atom stereocenters. The smallest absolute Gasteiger partial charge is 0.0974 e. The molecule has 2 saturated heterocycles. The van der Waals surface area contributed by atoms with Gasteiger partial charge in [-0.05, 0) is 108 Å². The summed E-state index contributed by atoms with van der Waals surface area (Å²) in [7, 11) is 0. The number of ether oxygens (including phenoxy) is 1. The number of aliphatic hydroxyl groups excluding tert-OH is 2. The first-order valence-corrected chi connectivity index (χ1v) is 15.0. The molecule has 3 saturated carbocycles. The van der Waals surface area contributed by atoms with Crippen LogP contribution >= 0.6 is 0 Å². The molecule has 4 heterocycles. The van der Waals surface area contributed by atoms with Crippen molar-refractivity contribution < 1.29 is 14.9 Å². The Morgan fingerprint density at radius 3 is 2.79 bits per heavy atom. The quantitative estimate of drug-likeness (QED) is 0.611. The number of nitrogens with zero attached hydrogens (tertiary/aromatic N) is 2. The first kappa shape index (κ1) is 22.7. The Labute approximate surface area is 224 Å². The Morgan fingerprint density at radius 1 is 1.05 bits per heavy atom. The van der Waals surface area contributed by atoms with Crippen LogP contribution in [0.1, 0.15) is 63.4 Å². The minimum absolute atomic E-state index is 0.150. The van der Waals surface area contributed by atoms with E-state index < -0.39 is 12.2 Å². The van der Waals surface area contributed by atoms with Crippen LogP contribution in [0.25, 0.3) is 10.8 Å². The Hall–Kier alpha value is -2.05. The molecule has 38 heavy (non-hydrogen) atoms. The zero-order valence-corrected chi connectivity index (χ0v) is 22.2. The van der Waals surface area contributed by atoms with E-state index in [1.165, 1.54) is 41.2 Å². The number of benzene rings is 1. The van der Waals surface area contributed by atoms with E-state index >= 15 is 0 Å². The van der Waals surface area contributed by atoms with Crippen molar-refractivity contribution in [1.82, 2.24) is 9.88 Å². The van der Waals surface area contributed by atoms with Crippen LogP contribution in [0.3, 0.4) is 0 Å². The lowest BCUT2D eigenvalue weighted by Crippen LogP contribution is -2.56. The zero-order chi connectivity index (χ0) is 25.4. The number of pyridine rings is 1. The van der Waals surface area contributed by atoms with E-state index in [0.29, 0.717) is 42.8 Å². The number of hydrogen-bond acceptors (Lipinski definition) is 5. The normalized spacial score (nSPS) is 48.7. The van der Waals surface area contributed by atoms with Gasteiger partial charge in [-0.3, -0.25) is 9.88 Å². The average Bonchev–Trinajstić information content (AvgIpc) is 3.41. The summed E-state index contributed by atoms with van der Waals surface area (Å²) in [5, 5.41) is 23.1. The van der Waals surface area contributed by atoms with Crippen LogP contribution in [0.5, 0.6) is 0 Å². The van der Waals surface area contributed by atoms with Crippen LogP contribution in [-0.4, -0.2) is 62.6 Å². The molecule has 2 aromatic rings. The van der Waals surface area contributed by atoms with Gasteiger partial charge in [0.15, 0.2) is 0 Å². The van der Waals surface area contributed by atoms with E-state index in [-0.39, 0.29) is 16.6 Å². The van der Waals surface area contributed by atoms with Gasteiger partial charge in [-0.25, -0.2) is 0 Å². The molecule has 5 fully saturated rings. The van der Waals surface area contributed by atoms with E-state index in [4.69, 9.17) is 4.74 Å². The summed E-state index contributed by atoms with van der Waals surface area (Å²) < 4.78 is 7.56. The molecular weight excluding hydrogens is 472 g/mol. The van der Waals surface area contributed by atoms with Gasteiger partial charge < -0.3 is 14.9 Å². The Morgan fingerprint density at radius 2 is 1.92 bits per heavy atom. The summed E-state index contributed by atoms with van der Waals surface area (Å²) in [6, 6.07) is 9.57. The molecule has 7 aliphatic rings. The number of hydrogen-bond donors (Lipinski definition) is 2. The number of aromatic nitrogens is 1. The predicted molar refractivity (Wildman–Crippen MR) is 145 cm³/mol. The molecule has 2 spiro atoms. The van der Waals surface area contributed by atoms with Crippen molar-refractivity contribution >= 4 is 10.8 Å². The second-order valence-electron chi connectivity index (χ2n) is 14.0. The van der Waals surface area contributed by atoms with Crippen LogP contribution in [-0.2, 0) is 4.74 Å². The van der Waals surface area contributed by atoms with E-state index in [1.807, 2.05) is 12.4 Å². The van der Waals surface area contributed by atoms with Gasteiger partial charge in [0, 0.05) is 36.9 Å². The fourth-order valence-corrected chi connectivity index (χ4v) is 10.5. The number of aliphatic hydroxyl groups is 2. The highest BCUT2D eigenvalue weighted by Gasteiger charge is 2.70. The van der Waals surface area contributed by atoms with Crippen LogP contribution < -0.4 is 0 Å². The van der Waals surface area contributed by atoms with Crippen LogP contribution in [0.4, 0.5) is 0 Å². The summed E-state index contributed by atoms with van der Waals surface area (Å²) in [6.45, 7) is 3.75. The maximum absolute atomic E-state index is 10.3. The minimum Gasteiger partial charge on any atom is -0.389 e. The Balaban J connectivity index is 1.07. The summed E-state index contributed by atoms with van der Waals surface area (Å²) in [5.41, 5.74) is 4.42. The van der Waals surface area contributed by atoms with Crippen molar-refractivity contribution in [2.75, 3.05) is 13.1 Å². The van der Waals surface area contributed by atoms with Gasteiger partial charge in [-0.15, -0.1) is 0 Å². The molecule has 198 valence electrons. The third kappa shape index (κ3) is 2.79. The van der Waals surface area contributed by atoms with Crippen molar-refractivity contribution in [2.45, 2.75) is 87.2 Å². The molecule has 5 nitrogen and oxygen atoms in total. The second kappa shape index (κ2) is 7.37. The topological polar surface area (TPSA) is 65.8 Å². The van der Waals surface area contributed by atoms with Gasteiger partial charge in [-0.1, -0.05) is 31.2 Å². The first-order valence-electron chi connectivity index (χ1n) is 15.0. The van der Waals surface area contributed by atoms with Crippen molar-refractivity contribution in [3.63, 3.8) is 0 Å². The fourth-order valence-electron chi connectivity index (χ4n) is 10.5. The van der Waals surface area contributed by atoms with Crippen molar-refractivity contribution in [1.29, 1.82) is 0 Å². The standard InChI is InChI=1S/C33H38N2O3/c1-31-8-6-22-13-26-23-14-24(23)27(35-17-28(36)29(37)18-35)15-32(26)9-10-33(22,38-32)30(31)5-4-25(31)20-3-2-19-7-11-34-16-21(19)12-20/h2-3,6-7,11-13,16,23-25,27-30,36-37H,4-5,8-10,14-15,17-18H2,1H3/t23-,24+,25?,27-,28-,29-,30+,31+,32+,33?/m0/s1. The third-order valence-corrected chi connectivity index (χ3v) is 12.4. The van der Waals surface area contributed by atoms with Gasteiger partial charge in [0.2, 0.25) is 0 Å². The monoisotopic (exact) mass is 510 g/mol. The lowest BCUT2D eigenvalue weighted by molar-refractivity contribution is -0.141. The summed E-state index contributed by atoms with van der Waals surface area (Å²) >= 11 is 0. The number of β-amino-alcohol motifs (C(OH)–C–C–N with tert-alkyl or cyclic N) is 2. The molecule has 0 radical (unpaired) electrons. The van der Waals surface area contributed by atoms with Gasteiger partial charge in [0.1, 0.15) is 0 Å². The maximum Gasteiger partial charge on any atom is 0.0974 e. The van der Waals surface area contributed by atoms with E-state index in [1.54, 1.807) is 5.57 Å². The fraction of sp³-hybridized carbons (Fsp3) is 0.606. The SMILES string of the molecule is C[C@]12CC=C3C=C4[C@H]5C[C@H]5[C@@H](N5C[C@H](O)[C@@H](O)C5)C[C@]45CCC3(O5)[C@@H]1CCC2c1ccc2ccncc2c1. The van der Waals surface area contributed by atoms with Crippen molar-refractivity contribution in [2.24, 2.45) is 23.2 Å². The van der Waals surface area contributed by atoms with E-state index in [2.05, 4.69) is 53.2 Å². The summed E-state index contributed by atoms with van der Waals surface area (Å²) in [5.74, 6) is 2.35. The zero-order valence-electron chi connectivity index (χ0n) is 22.2. The van der Waals surface area contributed by atoms with Crippen LogP contribution in [0, 0.1) is 23.2 Å².